The van der Waals surface area contributed by atoms with Crippen molar-refractivity contribution in [3.05, 3.63) is 145 Å². The molecule has 3 nitrogen and oxygen atoms in total. The van der Waals surface area contributed by atoms with E-state index in [1.165, 1.54) is 0 Å². The molecule has 39 heavy (non-hydrogen) atoms. The fourth-order valence-electron chi connectivity index (χ4n) is 4.52. The first-order valence-corrected chi connectivity index (χ1v) is 12.5. The summed E-state index contributed by atoms with van der Waals surface area (Å²) in [6.07, 6.45) is 1.80. The van der Waals surface area contributed by atoms with Crippen LogP contribution in [0.15, 0.2) is 132 Å². The predicted octanol–water partition coefficient (Wildman–Crippen LogP) is 8.97. The molecule has 1 radical (unpaired) electrons. The van der Waals surface area contributed by atoms with Gasteiger partial charge in [-0.05, 0) is 36.5 Å². The number of aromatic nitrogens is 2. The third kappa shape index (κ3) is 5.73. The molecule has 0 N–H and O–H groups in total. The second-order valence-electron chi connectivity index (χ2n) is 8.93. The third-order valence-electron chi connectivity index (χ3n) is 6.33. The van der Waals surface area contributed by atoms with Crippen LogP contribution in [0.4, 0.5) is 0 Å². The first-order valence-electron chi connectivity index (χ1n) is 12.5. The predicted molar refractivity (Wildman–Crippen MR) is 154 cm³/mol. The van der Waals surface area contributed by atoms with Gasteiger partial charge in [-0.25, -0.2) is 0 Å². The molecule has 4 heteroatoms. The largest absolute Gasteiger partial charge is 0.455 e. The van der Waals surface area contributed by atoms with E-state index in [4.69, 9.17) is 4.42 Å². The summed E-state index contributed by atoms with van der Waals surface area (Å²) in [4.78, 5) is 8.84. The number of fused-ring (bicyclic) bond motifs is 3. The van der Waals surface area contributed by atoms with Crippen LogP contribution in [0.1, 0.15) is 5.69 Å². The van der Waals surface area contributed by atoms with E-state index in [-0.39, 0.29) is 20.1 Å². The number of aryl methyl sites for hydroxylation is 1. The van der Waals surface area contributed by atoms with Gasteiger partial charge in [0.1, 0.15) is 11.2 Å². The minimum atomic E-state index is 0. The molecule has 3 heterocycles. The number of nitrogens with zero attached hydrogens (tertiary/aromatic N) is 2. The summed E-state index contributed by atoms with van der Waals surface area (Å²) in [5.74, 6) is 0. The molecular weight excluding hydrogens is 657 g/mol. The molecule has 4 aromatic carbocycles. The minimum absolute atomic E-state index is 0. The van der Waals surface area contributed by atoms with Gasteiger partial charge in [0.15, 0.2) is 0 Å². The zero-order valence-corrected chi connectivity index (χ0v) is 23.7. The van der Waals surface area contributed by atoms with Crippen molar-refractivity contribution in [2.24, 2.45) is 0 Å². The Morgan fingerprint density at radius 2 is 1.41 bits per heavy atom. The van der Waals surface area contributed by atoms with Crippen molar-refractivity contribution in [2.45, 2.75) is 6.92 Å². The molecule has 0 unspecified atom stereocenters. The number of pyridine rings is 2. The summed E-state index contributed by atoms with van der Waals surface area (Å²) in [7, 11) is 0. The zero-order valence-electron chi connectivity index (χ0n) is 21.3. The zero-order chi connectivity index (χ0) is 25.7. The first kappa shape index (κ1) is 26.2. The van der Waals surface area contributed by atoms with Crippen LogP contribution in [0.5, 0.6) is 0 Å². The average Bonchev–Trinajstić information content (AvgIpc) is 3.38. The van der Waals surface area contributed by atoms with Crippen molar-refractivity contribution >= 4 is 21.9 Å². The Morgan fingerprint density at radius 1 is 0.641 bits per heavy atom. The molecule has 0 aliphatic carbocycles. The summed E-state index contributed by atoms with van der Waals surface area (Å²) < 4.78 is 6.16. The molecule has 7 rings (SSSR count). The Hall–Kier alpha value is -4.37. The number of benzene rings is 4. The van der Waals surface area contributed by atoms with Gasteiger partial charge in [-0.2, -0.15) is 0 Å². The summed E-state index contributed by atoms with van der Waals surface area (Å²) in [5, 5.41) is 2.28. The molecule has 0 aliphatic rings. The van der Waals surface area contributed by atoms with Crippen LogP contribution in [0.3, 0.4) is 0 Å². The molecule has 3 aromatic heterocycles. The Labute approximate surface area is 241 Å². The maximum Gasteiger partial charge on any atom is 0.141 e. The average molecular weight is 681 g/mol. The molecule has 0 bridgehead atoms. The van der Waals surface area contributed by atoms with Gasteiger partial charge in [-0.1, -0.05) is 66.2 Å². The van der Waals surface area contributed by atoms with Crippen molar-refractivity contribution in [3.8, 4) is 33.6 Å². The second kappa shape index (κ2) is 12.0. The van der Waals surface area contributed by atoms with Crippen molar-refractivity contribution < 1.29 is 24.5 Å². The number of para-hydroxylation sites is 2. The number of hydrogen-bond acceptors (Lipinski definition) is 3. The van der Waals surface area contributed by atoms with E-state index in [0.717, 1.165) is 61.3 Å². The van der Waals surface area contributed by atoms with E-state index < -0.39 is 0 Å². The molecule has 0 atom stereocenters. The molecule has 0 saturated heterocycles. The van der Waals surface area contributed by atoms with Crippen LogP contribution in [0, 0.1) is 19.1 Å². The van der Waals surface area contributed by atoms with Crippen LogP contribution in [-0.4, -0.2) is 9.97 Å². The van der Waals surface area contributed by atoms with Crippen molar-refractivity contribution in [3.63, 3.8) is 0 Å². The van der Waals surface area contributed by atoms with E-state index in [1.807, 2.05) is 91.9 Å². The Bertz CT molecular complexity index is 1830. The summed E-state index contributed by atoms with van der Waals surface area (Å²) in [5.41, 5.74) is 8.98. The van der Waals surface area contributed by atoms with Crippen molar-refractivity contribution in [1.29, 1.82) is 0 Å². The number of furan rings is 1. The minimum Gasteiger partial charge on any atom is -0.455 e. The van der Waals surface area contributed by atoms with Gasteiger partial charge in [-0.15, -0.1) is 65.7 Å². The molecule has 191 valence electrons. The van der Waals surface area contributed by atoms with Gasteiger partial charge in [0, 0.05) is 48.3 Å². The second-order valence-corrected chi connectivity index (χ2v) is 8.93. The smallest absolute Gasteiger partial charge is 0.141 e. The fourth-order valence-corrected chi connectivity index (χ4v) is 4.52. The summed E-state index contributed by atoms with van der Waals surface area (Å²) in [6.45, 7) is 1.99. The number of hydrogen-bond donors (Lipinski definition) is 0. The quantitative estimate of drug-likeness (QED) is 0.175. The number of rotatable bonds is 3. The van der Waals surface area contributed by atoms with Gasteiger partial charge in [0.05, 0.1) is 0 Å². The van der Waals surface area contributed by atoms with Gasteiger partial charge in [-0.3, -0.25) is 0 Å². The Kier molecular flexibility index (Phi) is 8.07. The van der Waals surface area contributed by atoms with E-state index in [0.29, 0.717) is 0 Å². The van der Waals surface area contributed by atoms with Crippen LogP contribution in [0.25, 0.3) is 55.6 Å². The molecule has 0 saturated carbocycles. The molecular formula is C35H24IrN2O-2. The van der Waals surface area contributed by atoms with Crippen LogP contribution in [0.2, 0.25) is 0 Å². The normalized spacial score (nSPS) is 10.5. The van der Waals surface area contributed by atoms with E-state index in [9.17, 15) is 0 Å². The molecule has 7 aromatic rings. The Morgan fingerprint density at radius 3 is 2.23 bits per heavy atom. The van der Waals surface area contributed by atoms with Crippen LogP contribution >= 0.6 is 0 Å². The molecule has 0 aliphatic heterocycles. The van der Waals surface area contributed by atoms with Gasteiger partial charge in [0.2, 0.25) is 0 Å². The monoisotopic (exact) mass is 681 g/mol. The SMILES string of the molecule is Cc1cccc(-c2[c-]cccc2)n1.[Ir].[c-]1ccc(-c2cccc3c2oc2ccccc23)cc1-c1ccccn1. The molecule has 0 spiro atoms. The van der Waals surface area contributed by atoms with Crippen LogP contribution < -0.4 is 0 Å². The first-order chi connectivity index (χ1) is 18.8. The van der Waals surface area contributed by atoms with Gasteiger partial charge < -0.3 is 14.4 Å². The summed E-state index contributed by atoms with van der Waals surface area (Å²) >= 11 is 0. The Balaban J connectivity index is 0.000000187. The standard InChI is InChI=1S/C23H14NO.C12H10N.Ir/c1-2-13-22-19(9-1)20-11-6-10-18(23(20)25-22)16-7-5-8-17(15-16)21-12-3-4-14-24-21;1-10-6-5-9-12(13-10)11-7-3-2-4-8-11;/h1-7,9-15H;2-7,9H,1H3;/q2*-1;. The van der Waals surface area contributed by atoms with Crippen LogP contribution in [-0.2, 0) is 20.1 Å². The van der Waals surface area contributed by atoms with E-state index in [2.05, 4.69) is 58.5 Å². The van der Waals surface area contributed by atoms with Gasteiger partial charge in [0.25, 0.3) is 0 Å². The van der Waals surface area contributed by atoms with Crippen molar-refractivity contribution in [1.82, 2.24) is 9.97 Å². The topological polar surface area (TPSA) is 38.9 Å². The molecule has 0 amide bonds. The summed E-state index contributed by atoms with van der Waals surface area (Å²) in [6, 6.07) is 46.8. The van der Waals surface area contributed by atoms with Gasteiger partial charge >= 0.3 is 0 Å². The fraction of sp³-hybridized carbons (Fsp3) is 0.0286. The third-order valence-corrected chi connectivity index (χ3v) is 6.33. The van der Waals surface area contributed by atoms with Crippen molar-refractivity contribution in [2.75, 3.05) is 0 Å². The maximum absolute atomic E-state index is 6.16. The van der Waals surface area contributed by atoms with E-state index >= 15 is 0 Å². The van der Waals surface area contributed by atoms with E-state index in [1.54, 1.807) is 6.20 Å². The maximum atomic E-state index is 6.16. The molecule has 0 fully saturated rings.